The number of carbonyl (C=O) groups excluding carboxylic acids is 1. The van der Waals surface area contributed by atoms with Crippen molar-refractivity contribution in [1.82, 2.24) is 0 Å². The quantitative estimate of drug-likeness (QED) is 0.680. The molecule has 0 aliphatic heterocycles. The van der Waals surface area contributed by atoms with Gasteiger partial charge in [0.2, 0.25) is 0 Å². The lowest BCUT2D eigenvalue weighted by Gasteiger charge is -2.13. The van der Waals surface area contributed by atoms with Crippen LogP contribution in [0.5, 0.6) is 5.75 Å². The van der Waals surface area contributed by atoms with Crippen molar-refractivity contribution in [1.29, 1.82) is 0 Å². The van der Waals surface area contributed by atoms with Gasteiger partial charge in [0.05, 0.1) is 17.9 Å². The predicted octanol–water partition coefficient (Wildman–Crippen LogP) is 2.98. The van der Waals surface area contributed by atoms with E-state index in [0.717, 1.165) is 6.07 Å². The maximum atomic E-state index is 12.1. The Morgan fingerprint density at radius 3 is 2.61 bits per heavy atom. The first-order valence-electron chi connectivity index (χ1n) is 5.05. The number of rotatable bonds is 4. The molecule has 3 nitrogen and oxygen atoms in total. The summed E-state index contributed by atoms with van der Waals surface area (Å²) in [7, 11) is 0. The lowest BCUT2D eigenvalue weighted by molar-refractivity contribution is -0.275. The maximum Gasteiger partial charge on any atom is 0.573 e. The molecule has 0 heterocycles. The van der Waals surface area contributed by atoms with Gasteiger partial charge in [-0.25, -0.2) is 0 Å². The van der Waals surface area contributed by atoms with Crippen LogP contribution < -0.4 is 4.74 Å². The summed E-state index contributed by atoms with van der Waals surface area (Å²) in [4.78, 5) is 11.2. The fourth-order valence-corrected chi connectivity index (χ4v) is 1.56. The Balaban J connectivity index is 2.88. The van der Waals surface area contributed by atoms with Gasteiger partial charge in [0.25, 0.3) is 0 Å². The normalized spacial score (nSPS) is 11.2. The molecule has 0 N–H and O–H groups in total. The molecule has 0 radical (unpaired) electrons. The van der Waals surface area contributed by atoms with Crippen LogP contribution in [-0.2, 0) is 16.0 Å². The molecule has 0 aliphatic rings. The number of hydrogen-bond acceptors (Lipinski definition) is 4. The Morgan fingerprint density at radius 1 is 1.39 bits per heavy atom. The summed E-state index contributed by atoms with van der Waals surface area (Å²) in [5.74, 6) is -0.968. The summed E-state index contributed by atoms with van der Waals surface area (Å²) in [6.07, 6.45) is -4.94. The van der Waals surface area contributed by atoms with Gasteiger partial charge in [-0.2, -0.15) is 0 Å². The molecule has 1 aromatic carbocycles. The number of esters is 1. The molecule has 1 aromatic rings. The van der Waals surface area contributed by atoms with E-state index in [0.29, 0.717) is 5.56 Å². The van der Waals surface area contributed by atoms with Crippen LogP contribution in [0.2, 0.25) is 0 Å². The predicted molar refractivity (Wildman–Crippen MR) is 60.7 cm³/mol. The molecule has 0 unspecified atom stereocenters. The Labute approximate surface area is 107 Å². The lowest BCUT2D eigenvalue weighted by atomic mass is 10.1. The first kappa shape index (κ1) is 14.7. The van der Waals surface area contributed by atoms with Crippen molar-refractivity contribution >= 4 is 18.6 Å². The molecule has 0 aromatic heterocycles. The van der Waals surface area contributed by atoms with Gasteiger partial charge in [-0.05, 0) is 18.6 Å². The number of ether oxygens (including phenoxy) is 2. The third-order valence-corrected chi connectivity index (χ3v) is 2.46. The third-order valence-electron chi connectivity index (χ3n) is 1.95. The van der Waals surface area contributed by atoms with E-state index in [-0.39, 0.29) is 17.9 Å². The van der Waals surface area contributed by atoms with Gasteiger partial charge in [-0.15, -0.1) is 25.8 Å². The van der Waals surface area contributed by atoms with Crippen LogP contribution in [0, 0.1) is 0 Å². The molecule has 0 saturated heterocycles. The van der Waals surface area contributed by atoms with E-state index in [1.807, 2.05) is 0 Å². The Kier molecular flexibility index (Phi) is 4.89. The van der Waals surface area contributed by atoms with E-state index in [4.69, 9.17) is 4.74 Å². The highest BCUT2D eigenvalue weighted by molar-refractivity contribution is 7.80. The number of carbonyl (C=O) groups is 1. The second-order valence-corrected chi connectivity index (χ2v) is 3.74. The Hall–Kier alpha value is -1.37. The average Bonchev–Trinajstić information content (AvgIpc) is 2.22. The van der Waals surface area contributed by atoms with Gasteiger partial charge in [0.1, 0.15) is 5.75 Å². The largest absolute Gasteiger partial charge is 0.573 e. The third kappa shape index (κ3) is 4.48. The first-order chi connectivity index (χ1) is 8.33. The van der Waals surface area contributed by atoms with Gasteiger partial charge >= 0.3 is 12.3 Å². The SMILES string of the molecule is CCOC(=O)Cc1cccc(OC(F)(F)F)c1S. The fraction of sp³-hybridized carbons (Fsp3) is 0.364. The van der Waals surface area contributed by atoms with Crippen LogP contribution in [0.15, 0.2) is 23.1 Å². The molecule has 18 heavy (non-hydrogen) atoms. The molecule has 0 aliphatic carbocycles. The summed E-state index contributed by atoms with van der Waals surface area (Å²) in [5.41, 5.74) is 0.318. The standard InChI is InChI=1S/C11H11F3O3S/c1-2-16-9(15)6-7-4-3-5-8(10(7)18)17-11(12,13)14/h3-5,18H,2,6H2,1H3. The molecule has 100 valence electrons. The zero-order chi connectivity index (χ0) is 13.8. The summed E-state index contributed by atoms with van der Waals surface area (Å²) in [6, 6.07) is 3.97. The van der Waals surface area contributed by atoms with Crippen molar-refractivity contribution in [3.8, 4) is 5.75 Å². The van der Waals surface area contributed by atoms with E-state index >= 15 is 0 Å². The van der Waals surface area contributed by atoms with Crippen molar-refractivity contribution in [2.75, 3.05) is 6.61 Å². The molecule has 0 amide bonds. The van der Waals surface area contributed by atoms with Crippen molar-refractivity contribution in [2.24, 2.45) is 0 Å². The molecular formula is C11H11F3O3S. The first-order valence-corrected chi connectivity index (χ1v) is 5.50. The second kappa shape index (κ2) is 5.99. The molecule has 0 spiro atoms. The molecule has 0 fully saturated rings. The highest BCUT2D eigenvalue weighted by Crippen LogP contribution is 2.31. The minimum Gasteiger partial charge on any atom is -0.466 e. The van der Waals surface area contributed by atoms with Gasteiger partial charge in [0.15, 0.2) is 0 Å². The topological polar surface area (TPSA) is 35.5 Å². The molecule has 1 rings (SSSR count). The lowest BCUT2D eigenvalue weighted by Crippen LogP contribution is -2.18. The van der Waals surface area contributed by atoms with E-state index in [9.17, 15) is 18.0 Å². The van der Waals surface area contributed by atoms with Crippen molar-refractivity contribution < 1.29 is 27.4 Å². The highest BCUT2D eigenvalue weighted by Gasteiger charge is 2.32. The van der Waals surface area contributed by atoms with Crippen LogP contribution in [0.3, 0.4) is 0 Å². The molecular weight excluding hydrogens is 269 g/mol. The highest BCUT2D eigenvalue weighted by atomic mass is 32.1. The Morgan fingerprint density at radius 2 is 2.06 bits per heavy atom. The minimum absolute atomic E-state index is 0.0251. The zero-order valence-corrected chi connectivity index (χ0v) is 10.3. The summed E-state index contributed by atoms with van der Waals surface area (Å²) in [6.45, 7) is 1.85. The monoisotopic (exact) mass is 280 g/mol. The maximum absolute atomic E-state index is 12.1. The summed E-state index contributed by atoms with van der Waals surface area (Å²) < 4.78 is 44.8. The average molecular weight is 280 g/mol. The van der Waals surface area contributed by atoms with E-state index < -0.39 is 18.1 Å². The Bertz CT molecular complexity index is 432. The summed E-state index contributed by atoms with van der Waals surface area (Å²) >= 11 is 3.93. The van der Waals surface area contributed by atoms with Crippen molar-refractivity contribution in [3.05, 3.63) is 23.8 Å². The van der Waals surface area contributed by atoms with E-state index in [1.54, 1.807) is 6.92 Å². The van der Waals surface area contributed by atoms with Crippen molar-refractivity contribution in [3.63, 3.8) is 0 Å². The van der Waals surface area contributed by atoms with Gasteiger partial charge in [0, 0.05) is 0 Å². The number of halogens is 3. The number of hydrogen-bond donors (Lipinski definition) is 1. The van der Waals surface area contributed by atoms with Crippen LogP contribution in [0.25, 0.3) is 0 Å². The minimum atomic E-state index is -4.79. The molecule has 0 saturated carbocycles. The van der Waals surface area contributed by atoms with Crippen LogP contribution >= 0.6 is 12.6 Å². The van der Waals surface area contributed by atoms with Gasteiger partial charge in [-0.1, -0.05) is 12.1 Å². The number of benzene rings is 1. The van der Waals surface area contributed by atoms with Crippen LogP contribution in [-0.4, -0.2) is 18.9 Å². The second-order valence-electron chi connectivity index (χ2n) is 3.29. The van der Waals surface area contributed by atoms with E-state index in [2.05, 4.69) is 17.4 Å². The smallest absolute Gasteiger partial charge is 0.466 e. The fourth-order valence-electron chi connectivity index (χ4n) is 1.28. The molecule has 0 bridgehead atoms. The number of thiol groups is 1. The van der Waals surface area contributed by atoms with E-state index in [1.165, 1.54) is 12.1 Å². The molecule has 0 atom stereocenters. The number of alkyl halides is 3. The van der Waals surface area contributed by atoms with Gasteiger partial charge < -0.3 is 9.47 Å². The van der Waals surface area contributed by atoms with Crippen molar-refractivity contribution in [2.45, 2.75) is 24.6 Å². The molecule has 7 heteroatoms. The summed E-state index contributed by atoms with van der Waals surface area (Å²) in [5, 5.41) is 0. The van der Waals surface area contributed by atoms with Crippen LogP contribution in [0.4, 0.5) is 13.2 Å². The van der Waals surface area contributed by atoms with Gasteiger partial charge in [-0.3, -0.25) is 4.79 Å². The zero-order valence-electron chi connectivity index (χ0n) is 9.45. The van der Waals surface area contributed by atoms with Crippen LogP contribution in [0.1, 0.15) is 12.5 Å².